The Morgan fingerprint density at radius 1 is 1.47 bits per heavy atom. The van der Waals surface area contributed by atoms with Gasteiger partial charge in [0, 0.05) is 22.7 Å². The van der Waals surface area contributed by atoms with Crippen LogP contribution in [0.3, 0.4) is 0 Å². The normalized spacial score (nSPS) is 10.7. The molecule has 82 valence electrons. The monoisotopic (exact) mass is 225 g/mol. The molecule has 0 heterocycles. The van der Waals surface area contributed by atoms with Crippen LogP contribution in [0.4, 0.5) is 5.69 Å². The van der Waals surface area contributed by atoms with Gasteiger partial charge in [0.2, 0.25) is 0 Å². The third kappa shape index (κ3) is 2.96. The number of nitrogens with two attached hydrogens (primary N) is 1. The van der Waals surface area contributed by atoms with Crippen LogP contribution in [-0.4, -0.2) is 5.78 Å². The Morgan fingerprint density at radius 2 is 2.07 bits per heavy atom. The minimum Gasteiger partial charge on any atom is -0.398 e. The summed E-state index contributed by atoms with van der Waals surface area (Å²) in [6.07, 6.45) is 0.519. The summed E-state index contributed by atoms with van der Waals surface area (Å²) >= 11 is 5.91. The maximum Gasteiger partial charge on any atom is 0.165 e. The van der Waals surface area contributed by atoms with Crippen molar-refractivity contribution in [2.75, 3.05) is 5.73 Å². The third-order valence-corrected chi connectivity index (χ3v) is 2.63. The van der Waals surface area contributed by atoms with Crippen molar-refractivity contribution in [1.82, 2.24) is 0 Å². The predicted octanol–water partition coefficient (Wildman–Crippen LogP) is 3.46. The van der Waals surface area contributed by atoms with Crippen molar-refractivity contribution in [3.05, 3.63) is 28.3 Å². The number of hydrogen-bond acceptors (Lipinski definition) is 2. The van der Waals surface area contributed by atoms with Crippen molar-refractivity contribution in [2.24, 2.45) is 5.92 Å². The zero-order chi connectivity index (χ0) is 11.6. The van der Waals surface area contributed by atoms with Gasteiger partial charge >= 0.3 is 0 Å². The van der Waals surface area contributed by atoms with E-state index < -0.39 is 0 Å². The molecule has 1 aromatic rings. The maximum atomic E-state index is 11.8. The first-order valence-electron chi connectivity index (χ1n) is 5.00. The molecule has 0 fully saturated rings. The van der Waals surface area contributed by atoms with Crippen LogP contribution >= 0.6 is 11.6 Å². The van der Waals surface area contributed by atoms with E-state index in [0.29, 0.717) is 28.6 Å². The molecule has 2 nitrogen and oxygen atoms in total. The van der Waals surface area contributed by atoms with E-state index >= 15 is 0 Å². The second-order valence-electron chi connectivity index (χ2n) is 4.21. The van der Waals surface area contributed by atoms with E-state index in [2.05, 4.69) is 0 Å². The zero-order valence-corrected chi connectivity index (χ0v) is 10.1. The van der Waals surface area contributed by atoms with Gasteiger partial charge in [-0.2, -0.15) is 0 Å². The quantitative estimate of drug-likeness (QED) is 0.633. The van der Waals surface area contributed by atoms with Gasteiger partial charge in [0.05, 0.1) is 0 Å². The second kappa shape index (κ2) is 4.67. The van der Waals surface area contributed by atoms with E-state index in [1.165, 1.54) is 0 Å². The summed E-state index contributed by atoms with van der Waals surface area (Å²) in [4.78, 5) is 11.8. The van der Waals surface area contributed by atoms with Crippen molar-refractivity contribution in [1.29, 1.82) is 0 Å². The van der Waals surface area contributed by atoms with Crippen LogP contribution in [-0.2, 0) is 0 Å². The number of ketones is 1. The van der Waals surface area contributed by atoms with Crippen LogP contribution in [0, 0.1) is 12.8 Å². The van der Waals surface area contributed by atoms with Gasteiger partial charge in [-0.25, -0.2) is 0 Å². The highest BCUT2D eigenvalue weighted by atomic mass is 35.5. The Hall–Kier alpha value is -1.02. The summed E-state index contributed by atoms with van der Waals surface area (Å²) < 4.78 is 0. The summed E-state index contributed by atoms with van der Waals surface area (Å²) in [6.45, 7) is 5.89. The number of anilines is 1. The number of carbonyl (C=O) groups is 1. The van der Waals surface area contributed by atoms with Gasteiger partial charge in [0.1, 0.15) is 0 Å². The molecule has 2 N–H and O–H groups in total. The SMILES string of the molecule is Cc1cc(C(=O)CC(C)C)c(N)cc1Cl. The van der Waals surface area contributed by atoms with E-state index in [-0.39, 0.29) is 5.78 Å². The fourth-order valence-corrected chi connectivity index (χ4v) is 1.59. The minimum atomic E-state index is 0.0854. The molecule has 15 heavy (non-hydrogen) atoms. The van der Waals surface area contributed by atoms with Gasteiger partial charge in [-0.15, -0.1) is 0 Å². The Labute approximate surface area is 95.4 Å². The highest BCUT2D eigenvalue weighted by molar-refractivity contribution is 6.31. The van der Waals surface area contributed by atoms with Crippen molar-refractivity contribution >= 4 is 23.1 Å². The molecule has 1 aromatic carbocycles. The molecule has 0 atom stereocenters. The summed E-state index contributed by atoms with van der Waals surface area (Å²) in [5.41, 5.74) is 7.71. The Bertz CT molecular complexity index is 385. The zero-order valence-electron chi connectivity index (χ0n) is 9.30. The number of carbonyl (C=O) groups excluding carboxylic acids is 1. The fourth-order valence-electron chi connectivity index (χ4n) is 1.42. The lowest BCUT2D eigenvalue weighted by molar-refractivity contribution is 0.0968. The highest BCUT2D eigenvalue weighted by Gasteiger charge is 2.13. The first kappa shape index (κ1) is 12.1. The van der Waals surface area contributed by atoms with E-state index in [9.17, 15) is 4.79 Å². The van der Waals surface area contributed by atoms with Crippen molar-refractivity contribution in [2.45, 2.75) is 27.2 Å². The van der Waals surface area contributed by atoms with Crippen LogP contribution in [0.25, 0.3) is 0 Å². The molecule has 0 aliphatic carbocycles. The minimum absolute atomic E-state index is 0.0854. The molecule has 0 bridgehead atoms. The third-order valence-electron chi connectivity index (χ3n) is 2.22. The molecule has 0 aliphatic heterocycles. The van der Waals surface area contributed by atoms with Crippen LogP contribution < -0.4 is 5.73 Å². The van der Waals surface area contributed by atoms with Crippen LogP contribution in [0.1, 0.15) is 36.2 Å². The summed E-state index contributed by atoms with van der Waals surface area (Å²) in [7, 11) is 0. The van der Waals surface area contributed by atoms with E-state index in [4.69, 9.17) is 17.3 Å². The number of hydrogen-bond donors (Lipinski definition) is 1. The Balaban J connectivity index is 3.04. The number of halogens is 1. The summed E-state index contributed by atoms with van der Waals surface area (Å²) in [5.74, 6) is 0.426. The first-order valence-corrected chi connectivity index (χ1v) is 5.38. The molecule has 0 saturated heterocycles. The molecular weight excluding hydrogens is 210 g/mol. The Kier molecular flexibility index (Phi) is 3.75. The second-order valence-corrected chi connectivity index (χ2v) is 4.62. The highest BCUT2D eigenvalue weighted by Crippen LogP contribution is 2.24. The van der Waals surface area contributed by atoms with Gasteiger partial charge in [-0.1, -0.05) is 25.4 Å². The lowest BCUT2D eigenvalue weighted by Gasteiger charge is -2.09. The van der Waals surface area contributed by atoms with Crippen molar-refractivity contribution in [3.8, 4) is 0 Å². The largest absolute Gasteiger partial charge is 0.398 e. The molecule has 0 spiro atoms. The molecule has 0 unspecified atom stereocenters. The van der Waals surface area contributed by atoms with Gasteiger partial charge < -0.3 is 5.73 Å². The van der Waals surface area contributed by atoms with Crippen molar-refractivity contribution < 1.29 is 4.79 Å². The van der Waals surface area contributed by atoms with Crippen LogP contribution in [0.2, 0.25) is 5.02 Å². The molecule has 1 rings (SSSR count). The predicted molar refractivity (Wildman–Crippen MR) is 64.4 cm³/mol. The number of benzene rings is 1. The molecule has 0 aromatic heterocycles. The molecule has 0 amide bonds. The average Bonchev–Trinajstić information content (AvgIpc) is 2.09. The van der Waals surface area contributed by atoms with E-state index in [1.807, 2.05) is 20.8 Å². The topological polar surface area (TPSA) is 43.1 Å². The smallest absolute Gasteiger partial charge is 0.165 e. The van der Waals surface area contributed by atoms with Crippen LogP contribution in [0.5, 0.6) is 0 Å². The number of Topliss-reactive ketones (excluding diaryl/α,β-unsaturated/α-hetero) is 1. The molecule has 0 saturated carbocycles. The van der Waals surface area contributed by atoms with E-state index in [1.54, 1.807) is 12.1 Å². The maximum absolute atomic E-state index is 11.8. The van der Waals surface area contributed by atoms with Gasteiger partial charge in [0.15, 0.2) is 5.78 Å². The number of aryl methyl sites for hydroxylation is 1. The average molecular weight is 226 g/mol. The first-order chi connectivity index (χ1) is 6.91. The Morgan fingerprint density at radius 3 is 2.60 bits per heavy atom. The number of rotatable bonds is 3. The molecular formula is C12H16ClNO. The van der Waals surface area contributed by atoms with Gasteiger partial charge in [-0.05, 0) is 30.5 Å². The fraction of sp³-hybridized carbons (Fsp3) is 0.417. The van der Waals surface area contributed by atoms with Crippen molar-refractivity contribution in [3.63, 3.8) is 0 Å². The summed E-state index contributed by atoms with van der Waals surface area (Å²) in [6, 6.07) is 3.41. The molecule has 0 radical (unpaired) electrons. The van der Waals surface area contributed by atoms with Crippen LogP contribution in [0.15, 0.2) is 12.1 Å². The van der Waals surface area contributed by atoms with Gasteiger partial charge in [0.25, 0.3) is 0 Å². The molecule has 0 aliphatic rings. The lowest BCUT2D eigenvalue weighted by Crippen LogP contribution is -2.07. The molecule has 3 heteroatoms. The lowest BCUT2D eigenvalue weighted by atomic mass is 9.98. The number of nitrogen functional groups attached to an aromatic ring is 1. The van der Waals surface area contributed by atoms with Gasteiger partial charge in [-0.3, -0.25) is 4.79 Å². The standard InChI is InChI=1S/C12H16ClNO/c1-7(2)4-12(15)9-5-8(3)10(13)6-11(9)14/h5-7H,4,14H2,1-3H3. The van der Waals surface area contributed by atoms with E-state index in [0.717, 1.165) is 5.56 Å². The summed E-state index contributed by atoms with van der Waals surface area (Å²) in [5, 5.41) is 0.605.